The van der Waals surface area contributed by atoms with E-state index in [-0.39, 0.29) is 11.6 Å². The summed E-state index contributed by atoms with van der Waals surface area (Å²) >= 11 is 0. The summed E-state index contributed by atoms with van der Waals surface area (Å²) in [5, 5.41) is 4.09. The third-order valence-electron chi connectivity index (χ3n) is 3.09. The van der Waals surface area contributed by atoms with Gasteiger partial charge in [0.1, 0.15) is 11.8 Å². The second-order valence-corrected chi connectivity index (χ2v) is 6.45. The van der Waals surface area contributed by atoms with Crippen LogP contribution in [0.1, 0.15) is 11.3 Å². The van der Waals surface area contributed by atoms with Crippen molar-refractivity contribution in [2.45, 2.75) is 12.7 Å². The molecule has 0 aliphatic carbocycles. The molecule has 7 heteroatoms. The summed E-state index contributed by atoms with van der Waals surface area (Å²) < 4.78 is 28.6. The first-order chi connectivity index (χ1) is 10.1. The Morgan fingerprint density at radius 3 is 2.67 bits per heavy atom. The molecule has 3 rings (SSSR count). The fraction of sp³-hybridized carbons (Fsp3) is 0.143. The number of anilines is 1. The molecular weight excluding hydrogens is 288 g/mol. The summed E-state index contributed by atoms with van der Waals surface area (Å²) in [6.45, 7) is 1.89. The fourth-order valence-electron chi connectivity index (χ4n) is 2.12. The van der Waals surface area contributed by atoms with E-state index in [1.54, 1.807) is 22.7 Å². The number of nitrogens with one attached hydrogen (secondary N) is 1. The molecule has 0 bridgehead atoms. The molecule has 0 saturated carbocycles. The summed E-state index contributed by atoms with van der Waals surface area (Å²) in [6.07, 6.45) is 1.33. The first kappa shape index (κ1) is 13.6. The molecule has 0 unspecified atom stereocenters. The maximum atomic E-state index is 12.2. The Balaban J connectivity index is 1.91. The van der Waals surface area contributed by atoms with E-state index in [9.17, 15) is 8.42 Å². The molecule has 0 radical (unpaired) electrons. The van der Waals surface area contributed by atoms with Crippen LogP contribution in [-0.2, 0) is 15.8 Å². The summed E-state index contributed by atoms with van der Waals surface area (Å²) in [5.41, 5.74) is 2.27. The maximum Gasteiger partial charge on any atom is 0.238 e. The number of hydrogen-bond acceptors (Lipinski definition) is 4. The molecule has 2 aromatic heterocycles. The van der Waals surface area contributed by atoms with Gasteiger partial charge in [-0.1, -0.05) is 30.3 Å². The number of aromatic nitrogens is 3. The van der Waals surface area contributed by atoms with Crippen LogP contribution in [0, 0.1) is 6.92 Å². The first-order valence-corrected chi connectivity index (χ1v) is 8.04. The van der Waals surface area contributed by atoms with Gasteiger partial charge in [0, 0.05) is 5.69 Å². The predicted molar refractivity (Wildman–Crippen MR) is 80.4 cm³/mol. The van der Waals surface area contributed by atoms with Gasteiger partial charge in [-0.25, -0.2) is 17.9 Å². The van der Waals surface area contributed by atoms with Crippen LogP contribution < -0.4 is 4.72 Å². The van der Waals surface area contributed by atoms with Crippen LogP contribution in [0.3, 0.4) is 0 Å². The van der Waals surface area contributed by atoms with Crippen LogP contribution in [-0.4, -0.2) is 23.0 Å². The van der Waals surface area contributed by atoms with Crippen molar-refractivity contribution in [3.63, 3.8) is 0 Å². The summed E-state index contributed by atoms with van der Waals surface area (Å²) in [6, 6.07) is 12.7. The van der Waals surface area contributed by atoms with Crippen LogP contribution in [0.5, 0.6) is 0 Å². The molecule has 108 valence electrons. The molecular formula is C14H14N4O2S. The van der Waals surface area contributed by atoms with Crippen LogP contribution >= 0.6 is 0 Å². The smallest absolute Gasteiger partial charge is 0.238 e. The maximum absolute atomic E-state index is 12.2. The number of aryl methyl sites for hydroxylation is 1. The molecule has 0 aliphatic heterocycles. The Morgan fingerprint density at radius 1 is 1.14 bits per heavy atom. The number of rotatable bonds is 4. The fourth-order valence-corrected chi connectivity index (χ4v) is 3.28. The highest BCUT2D eigenvalue weighted by atomic mass is 32.2. The number of benzene rings is 1. The molecule has 21 heavy (non-hydrogen) atoms. The van der Waals surface area contributed by atoms with E-state index in [2.05, 4.69) is 14.8 Å². The Hall–Kier alpha value is -2.41. The Bertz CT molecular complexity index is 872. The third kappa shape index (κ3) is 2.87. The number of hydrogen-bond donors (Lipinski definition) is 1. The van der Waals surface area contributed by atoms with Crippen molar-refractivity contribution in [3.05, 3.63) is 60.0 Å². The lowest BCUT2D eigenvalue weighted by Gasteiger charge is -2.08. The lowest BCUT2D eigenvalue weighted by molar-refractivity contribution is 0.600. The second-order valence-electron chi connectivity index (χ2n) is 4.73. The van der Waals surface area contributed by atoms with Gasteiger partial charge in [-0.15, -0.1) is 0 Å². The minimum absolute atomic E-state index is 0.0936. The summed E-state index contributed by atoms with van der Waals surface area (Å²) in [4.78, 5) is 4.02. The van der Waals surface area contributed by atoms with Crippen LogP contribution in [0.2, 0.25) is 0 Å². The molecule has 0 saturated heterocycles. The van der Waals surface area contributed by atoms with E-state index >= 15 is 0 Å². The van der Waals surface area contributed by atoms with Crippen LogP contribution in [0.25, 0.3) is 5.52 Å². The highest BCUT2D eigenvalue weighted by Crippen LogP contribution is 2.18. The third-order valence-corrected chi connectivity index (χ3v) is 4.31. The topological polar surface area (TPSA) is 76.4 Å². The SMILES string of the molecule is Cc1ccc2c(NS(=O)(=O)Cc3ccccc3)ncnn12. The predicted octanol–water partition coefficient (Wildman–Crippen LogP) is 1.98. The second kappa shape index (κ2) is 5.17. The number of fused-ring (bicyclic) bond motifs is 1. The number of nitrogens with zero attached hydrogens (tertiary/aromatic N) is 3. The van der Waals surface area contributed by atoms with E-state index in [0.29, 0.717) is 5.52 Å². The highest BCUT2D eigenvalue weighted by molar-refractivity contribution is 7.91. The van der Waals surface area contributed by atoms with Crippen molar-refractivity contribution in [2.24, 2.45) is 0 Å². The van der Waals surface area contributed by atoms with Gasteiger partial charge in [0.05, 0.1) is 5.75 Å². The molecule has 0 amide bonds. The minimum Gasteiger partial charge on any atom is -0.265 e. The van der Waals surface area contributed by atoms with Crippen molar-refractivity contribution < 1.29 is 8.42 Å². The largest absolute Gasteiger partial charge is 0.265 e. The van der Waals surface area contributed by atoms with E-state index in [0.717, 1.165) is 11.3 Å². The van der Waals surface area contributed by atoms with Crippen molar-refractivity contribution in [2.75, 3.05) is 4.72 Å². The summed E-state index contributed by atoms with van der Waals surface area (Å²) in [5.74, 6) is 0.193. The Morgan fingerprint density at radius 2 is 1.90 bits per heavy atom. The lowest BCUT2D eigenvalue weighted by Crippen LogP contribution is -2.17. The quantitative estimate of drug-likeness (QED) is 0.799. The Labute approximate surface area is 122 Å². The molecule has 1 aromatic carbocycles. The van der Waals surface area contributed by atoms with Gasteiger partial charge in [0.2, 0.25) is 10.0 Å². The molecule has 0 atom stereocenters. The molecule has 0 spiro atoms. The molecule has 0 aliphatic rings. The van der Waals surface area contributed by atoms with Crippen molar-refractivity contribution >= 4 is 21.4 Å². The van der Waals surface area contributed by atoms with Gasteiger partial charge in [0.25, 0.3) is 0 Å². The van der Waals surface area contributed by atoms with E-state index in [1.165, 1.54) is 6.33 Å². The molecule has 2 heterocycles. The molecule has 6 nitrogen and oxygen atoms in total. The van der Waals surface area contributed by atoms with Crippen LogP contribution in [0.15, 0.2) is 48.8 Å². The van der Waals surface area contributed by atoms with Crippen LogP contribution in [0.4, 0.5) is 5.82 Å². The highest BCUT2D eigenvalue weighted by Gasteiger charge is 2.15. The zero-order valence-corrected chi connectivity index (χ0v) is 12.2. The van der Waals surface area contributed by atoms with Gasteiger partial charge in [0.15, 0.2) is 5.82 Å². The van der Waals surface area contributed by atoms with Gasteiger partial charge in [-0.2, -0.15) is 5.10 Å². The lowest BCUT2D eigenvalue weighted by atomic mass is 10.2. The zero-order chi connectivity index (χ0) is 14.9. The van der Waals surface area contributed by atoms with E-state index in [1.807, 2.05) is 31.2 Å². The molecule has 3 aromatic rings. The van der Waals surface area contributed by atoms with E-state index in [4.69, 9.17) is 0 Å². The van der Waals surface area contributed by atoms with E-state index < -0.39 is 10.0 Å². The average Bonchev–Trinajstić information content (AvgIpc) is 2.82. The Kier molecular flexibility index (Phi) is 3.34. The summed E-state index contributed by atoms with van der Waals surface area (Å²) in [7, 11) is -3.52. The number of sulfonamides is 1. The van der Waals surface area contributed by atoms with Crippen molar-refractivity contribution in [3.8, 4) is 0 Å². The van der Waals surface area contributed by atoms with Gasteiger partial charge in [-0.05, 0) is 24.6 Å². The molecule has 0 fully saturated rings. The van der Waals surface area contributed by atoms with Gasteiger partial charge < -0.3 is 0 Å². The normalized spacial score (nSPS) is 11.7. The standard InChI is InChI=1S/C14H14N4O2S/c1-11-7-8-13-14(15-10-16-18(11)13)17-21(19,20)9-12-5-3-2-4-6-12/h2-8,10H,9H2,1H3,(H,15,16,17). The van der Waals surface area contributed by atoms with Crippen molar-refractivity contribution in [1.29, 1.82) is 0 Å². The minimum atomic E-state index is -3.52. The molecule has 1 N–H and O–H groups in total. The average molecular weight is 302 g/mol. The monoisotopic (exact) mass is 302 g/mol. The van der Waals surface area contributed by atoms with Gasteiger partial charge in [-0.3, -0.25) is 4.72 Å². The first-order valence-electron chi connectivity index (χ1n) is 6.39. The zero-order valence-electron chi connectivity index (χ0n) is 11.4. The van der Waals surface area contributed by atoms with Gasteiger partial charge >= 0.3 is 0 Å². The van der Waals surface area contributed by atoms with Crippen molar-refractivity contribution in [1.82, 2.24) is 14.6 Å².